The number of nitrogens with one attached hydrogen (secondary N) is 4. The zero-order valence-electron chi connectivity index (χ0n) is 62.6. The Morgan fingerprint density at radius 2 is 0.761 bits per heavy atom. The monoisotopic (exact) mass is 1530 g/mol. The van der Waals surface area contributed by atoms with Crippen molar-refractivity contribution in [1.29, 1.82) is 0 Å². The maximum Gasteiger partial charge on any atom is 0.230 e. The lowest BCUT2D eigenvalue weighted by molar-refractivity contribution is -0.00572. The molecular formula is C81H84N20O12. The number of aromatic hydroxyl groups is 1. The zero-order valence-corrected chi connectivity index (χ0v) is 62.6. The number of phenols is 1. The van der Waals surface area contributed by atoms with Crippen LogP contribution in [0.15, 0.2) is 219 Å². The summed E-state index contributed by atoms with van der Waals surface area (Å²) >= 11 is 0. The van der Waals surface area contributed by atoms with E-state index in [1.54, 1.807) is 87.5 Å². The average Bonchev–Trinajstić information content (AvgIpc) is 1.66. The van der Waals surface area contributed by atoms with Crippen molar-refractivity contribution in [3.63, 3.8) is 0 Å². The highest BCUT2D eigenvalue weighted by Gasteiger charge is 2.39. The van der Waals surface area contributed by atoms with Crippen molar-refractivity contribution < 1.29 is 56.4 Å². The first-order chi connectivity index (χ1) is 55.5. The van der Waals surface area contributed by atoms with Crippen LogP contribution in [0, 0.1) is 0 Å². The lowest BCUT2D eigenvalue weighted by Gasteiger charge is -2.35. The molecule has 4 atom stereocenters. The van der Waals surface area contributed by atoms with E-state index in [4.69, 9.17) is 51.3 Å². The molecule has 5 aromatic carbocycles. The van der Waals surface area contributed by atoms with Gasteiger partial charge < -0.3 is 97.2 Å². The fourth-order valence-electron chi connectivity index (χ4n) is 13.1. The Hall–Kier alpha value is -13.3. The summed E-state index contributed by atoms with van der Waals surface area (Å²) in [5.74, 6) is 9.97. The lowest BCUT2D eigenvalue weighted by Crippen LogP contribution is -2.46. The standard InChI is InChI=1S/C24H23N5O3.C20H21N5O3.C20H23N5O3.C17H17N5O3/c1-2-4-18(5-3-1)17-31-20-8-6-19(7-9-20)21-16-23(32-28-21)26-22-10-11-25-24(27-22)29-12-14-30-15-13-29;1-26-16-6-2-13(3-7-16)17-10-19(28-24-17)22-18-8-9-21-20(23-18)25-14-4-5-15(25)12-27-11-14;1-13-11-25(12-14(2)27-13)20-21-9-8-18(23-20)22-19-10-17(24-28-19)15-4-6-16(26-3)7-5-15;23-13-3-1-12(2-4-13)14-11-16(25-21-14)19-15-5-6-18-17(20-15)22-7-9-24-10-8-22/h1-11,16H,12-15,17H2,(H,25,26,27);2-3,6-10,14-15H,4-5,11-12H2,1H3,(H,21,22,23);4-10,13-14H,11-12H2,1-3H3,(H,21,22,23);1-6,11,23H,7-10H2,(H,18,19,20)/t;;13-,14+;. The third kappa shape index (κ3) is 20.0. The van der Waals surface area contributed by atoms with Crippen molar-refractivity contribution in [2.45, 2.75) is 57.6 Å². The first kappa shape index (κ1) is 75.1. The van der Waals surface area contributed by atoms with E-state index < -0.39 is 0 Å². The van der Waals surface area contributed by atoms with E-state index in [0.29, 0.717) is 115 Å². The van der Waals surface area contributed by atoms with Crippen LogP contribution in [0.25, 0.3) is 45.0 Å². The molecule has 2 unspecified atom stereocenters. The first-order valence-corrected chi connectivity index (χ1v) is 37.1. The molecule has 32 heteroatoms. The van der Waals surface area contributed by atoms with Crippen molar-refractivity contribution in [2.75, 3.05) is 134 Å². The smallest absolute Gasteiger partial charge is 0.230 e. The second-order valence-electron chi connectivity index (χ2n) is 26.8. The van der Waals surface area contributed by atoms with Gasteiger partial charge in [0.25, 0.3) is 0 Å². The summed E-state index contributed by atoms with van der Waals surface area (Å²) in [6.45, 7) is 13.5. The highest BCUT2D eigenvalue weighted by molar-refractivity contribution is 5.69. The van der Waals surface area contributed by atoms with Crippen LogP contribution in [0.1, 0.15) is 32.3 Å². The molecule has 8 aromatic heterocycles. The van der Waals surface area contributed by atoms with Gasteiger partial charge in [-0.05, 0) is 154 Å². The van der Waals surface area contributed by atoms with Gasteiger partial charge in [-0.1, -0.05) is 51.0 Å². The summed E-state index contributed by atoms with van der Waals surface area (Å²) in [6, 6.07) is 55.2. The molecule has 5 aliphatic rings. The fraction of sp³-hybridized carbons (Fsp3) is 0.284. The number of benzene rings is 5. The Bertz CT molecular complexity index is 5120. The van der Waals surface area contributed by atoms with Gasteiger partial charge in [0.15, 0.2) is 0 Å². The number of phenolic OH excluding ortho intramolecular Hbond substituents is 1. The predicted octanol–water partition coefficient (Wildman–Crippen LogP) is 13.5. The van der Waals surface area contributed by atoms with Gasteiger partial charge in [0.1, 0.15) is 75.7 Å². The van der Waals surface area contributed by atoms with Crippen molar-refractivity contribution in [3.05, 3.63) is 206 Å². The predicted molar refractivity (Wildman–Crippen MR) is 423 cm³/mol. The van der Waals surface area contributed by atoms with Gasteiger partial charge >= 0.3 is 0 Å². The van der Waals surface area contributed by atoms with Crippen LogP contribution in [0.5, 0.6) is 23.0 Å². The molecule has 0 radical (unpaired) electrons. The van der Waals surface area contributed by atoms with Gasteiger partial charge in [-0.3, -0.25) is 0 Å². The summed E-state index contributed by atoms with van der Waals surface area (Å²) in [5.41, 5.74) is 7.68. The molecule has 0 aliphatic carbocycles. The van der Waals surface area contributed by atoms with E-state index in [0.717, 1.165) is 133 Å². The molecule has 5 fully saturated rings. The molecule has 580 valence electrons. The molecule has 0 amide bonds. The van der Waals surface area contributed by atoms with Crippen molar-refractivity contribution in [2.24, 2.45) is 0 Å². The van der Waals surface area contributed by atoms with E-state index in [2.05, 4.69) is 115 Å². The van der Waals surface area contributed by atoms with Crippen LogP contribution in [0.4, 0.5) is 70.6 Å². The van der Waals surface area contributed by atoms with Gasteiger partial charge in [-0.25, -0.2) is 19.9 Å². The number of nitrogens with zero attached hydrogens (tertiary/aromatic N) is 16. The van der Waals surface area contributed by atoms with E-state index in [1.807, 2.05) is 127 Å². The number of hydrogen-bond donors (Lipinski definition) is 5. The van der Waals surface area contributed by atoms with Gasteiger partial charge in [-0.2, -0.15) is 19.9 Å². The number of ether oxygens (including phenoxy) is 7. The zero-order chi connectivity index (χ0) is 77.1. The Morgan fingerprint density at radius 1 is 0.407 bits per heavy atom. The van der Waals surface area contributed by atoms with Crippen molar-refractivity contribution in [1.82, 2.24) is 60.5 Å². The number of aromatic nitrogens is 12. The van der Waals surface area contributed by atoms with E-state index in [-0.39, 0.29) is 18.0 Å². The Labute approximate surface area is 650 Å². The molecular weight excluding hydrogens is 1450 g/mol. The first-order valence-electron chi connectivity index (χ1n) is 37.1. The SMILES string of the molecule is COc1ccc(-c2cc(Nc3ccnc(N4C5CCC4COC5)n3)on2)cc1.COc1ccc(-c2cc(Nc3ccnc(N4C[C@@H](C)O[C@@H](C)C4)n3)on2)cc1.Oc1ccc(-c2cc(Nc3ccnc(N4CCOCC4)n3)on2)cc1.c1ccc(COc2ccc(-c3cc(Nc4ccnc(N5CCOCC5)n4)on3)cc2)cc1. The quantitative estimate of drug-likeness (QED) is 0.0446. The third-order valence-corrected chi connectivity index (χ3v) is 18.7. The summed E-state index contributed by atoms with van der Waals surface area (Å²) in [7, 11) is 3.28. The Morgan fingerprint density at radius 3 is 1.15 bits per heavy atom. The summed E-state index contributed by atoms with van der Waals surface area (Å²) < 4.78 is 60.0. The molecule has 18 rings (SSSR count). The summed E-state index contributed by atoms with van der Waals surface area (Å²) in [4.78, 5) is 44.5. The normalized spacial score (nSPS) is 17.1. The van der Waals surface area contributed by atoms with Crippen LogP contribution in [-0.4, -0.2) is 183 Å². The Kier molecular flexibility index (Phi) is 24.3. The van der Waals surface area contributed by atoms with E-state index in [9.17, 15) is 5.11 Å². The number of fused-ring (bicyclic) bond motifs is 2. The number of methoxy groups -OCH3 is 2. The second kappa shape index (κ2) is 36.5. The molecule has 5 aliphatic heterocycles. The number of hydrogen-bond acceptors (Lipinski definition) is 32. The minimum atomic E-state index is 0.144. The van der Waals surface area contributed by atoms with Crippen LogP contribution in [0.2, 0.25) is 0 Å². The highest BCUT2D eigenvalue weighted by Crippen LogP contribution is 2.35. The van der Waals surface area contributed by atoms with Gasteiger partial charge in [0.2, 0.25) is 47.3 Å². The molecule has 0 spiro atoms. The maximum atomic E-state index is 9.35. The number of anilines is 12. The third-order valence-electron chi connectivity index (χ3n) is 18.7. The minimum Gasteiger partial charge on any atom is -0.508 e. The number of morpholine rings is 4. The molecule has 13 heterocycles. The van der Waals surface area contributed by atoms with Crippen LogP contribution in [-0.2, 0) is 25.6 Å². The summed E-state index contributed by atoms with van der Waals surface area (Å²) in [5, 5.41) is 38.4. The molecule has 32 nitrogen and oxygen atoms in total. The van der Waals surface area contributed by atoms with E-state index in [1.165, 1.54) is 0 Å². The summed E-state index contributed by atoms with van der Waals surface area (Å²) in [6.07, 6.45) is 9.47. The molecule has 5 N–H and O–H groups in total. The highest BCUT2D eigenvalue weighted by atomic mass is 16.5. The van der Waals surface area contributed by atoms with Crippen molar-refractivity contribution >= 4 is 70.6 Å². The van der Waals surface area contributed by atoms with Crippen LogP contribution < -0.4 is 55.1 Å². The lowest BCUT2D eigenvalue weighted by atomic mass is 10.1. The average molecular weight is 1530 g/mol. The molecule has 5 saturated heterocycles. The number of rotatable bonds is 21. The molecule has 2 bridgehead atoms. The molecule has 0 saturated carbocycles. The second-order valence-corrected chi connectivity index (χ2v) is 26.8. The molecule has 13 aromatic rings. The largest absolute Gasteiger partial charge is 0.508 e. The minimum absolute atomic E-state index is 0.144. The fourth-order valence-corrected chi connectivity index (χ4v) is 13.1. The maximum absolute atomic E-state index is 9.35. The van der Waals surface area contributed by atoms with Crippen molar-refractivity contribution in [3.8, 4) is 68.0 Å². The van der Waals surface area contributed by atoms with Gasteiger partial charge in [-0.15, -0.1) is 0 Å². The van der Waals surface area contributed by atoms with E-state index >= 15 is 0 Å². The van der Waals surface area contributed by atoms with Crippen LogP contribution >= 0.6 is 0 Å². The Balaban J connectivity index is 0.000000119. The molecule has 113 heavy (non-hydrogen) atoms. The topological polar surface area (TPSA) is 353 Å². The van der Waals surface area contributed by atoms with Crippen LogP contribution in [0.3, 0.4) is 0 Å². The van der Waals surface area contributed by atoms with Gasteiger partial charge in [0, 0.05) is 111 Å². The van der Waals surface area contributed by atoms with Gasteiger partial charge in [0.05, 0.1) is 78.2 Å².